The number of benzene rings is 1. The van der Waals surface area contributed by atoms with Crippen molar-refractivity contribution in [2.24, 2.45) is 0 Å². The number of carbonyl (C=O) groups excluding carboxylic acids is 1. The van der Waals surface area contributed by atoms with Crippen LogP contribution in [0.3, 0.4) is 0 Å². The Hall–Kier alpha value is -2.73. The molecule has 1 amide bonds. The first kappa shape index (κ1) is 31.8. The summed E-state index contributed by atoms with van der Waals surface area (Å²) in [6.07, 6.45) is -2.08. The van der Waals surface area contributed by atoms with Crippen LogP contribution in [0.4, 0.5) is 22.0 Å². The standard InChI is InChI=1S/C27H33F5N4O3.ClH/c1-25(2)15-26(28,29)16-35(25)12-11-17(13-23(37)38)33-24(39)21-14-22(36(34-21)18-7-3-4-8-18)19-9-5-6-10-20(19)27(30,31)32;/h5-6,9-10,14,17-18H,3-4,7-8,11-13,15-16H2,1-2H3,(H,33,39)(H,37,38);1H/t17-;/m0./s1. The number of amides is 1. The first-order chi connectivity index (χ1) is 18.2. The molecule has 1 aromatic heterocycles. The number of likely N-dealkylation sites (tertiary alicyclic amines) is 1. The Balaban J connectivity index is 0.00000441. The van der Waals surface area contributed by atoms with Crippen molar-refractivity contribution in [3.8, 4) is 11.3 Å². The summed E-state index contributed by atoms with van der Waals surface area (Å²) >= 11 is 0. The minimum Gasteiger partial charge on any atom is -0.481 e. The van der Waals surface area contributed by atoms with Gasteiger partial charge in [-0.25, -0.2) is 8.78 Å². The lowest BCUT2D eigenvalue weighted by molar-refractivity contribution is -0.138. The lowest BCUT2D eigenvalue weighted by Crippen LogP contribution is -2.43. The number of rotatable bonds is 9. The van der Waals surface area contributed by atoms with E-state index < -0.39 is 54.1 Å². The maximum Gasteiger partial charge on any atom is 0.417 e. The van der Waals surface area contributed by atoms with Crippen LogP contribution >= 0.6 is 12.4 Å². The number of alkyl halides is 5. The molecule has 1 aliphatic heterocycles. The Kier molecular flexibility index (Phi) is 9.55. The summed E-state index contributed by atoms with van der Waals surface area (Å²) in [5, 5.41) is 16.4. The summed E-state index contributed by atoms with van der Waals surface area (Å²) in [5.41, 5.74) is -1.69. The normalized spacial score (nSPS) is 19.8. The Bertz CT molecular complexity index is 1210. The van der Waals surface area contributed by atoms with Gasteiger partial charge in [-0.1, -0.05) is 31.0 Å². The largest absolute Gasteiger partial charge is 0.481 e. The third-order valence-electron chi connectivity index (χ3n) is 7.62. The average molecular weight is 593 g/mol. The van der Waals surface area contributed by atoms with Gasteiger partial charge in [-0.3, -0.25) is 19.2 Å². The number of nitrogens with one attached hydrogen (secondary N) is 1. The van der Waals surface area contributed by atoms with Gasteiger partial charge in [0.05, 0.1) is 30.3 Å². The van der Waals surface area contributed by atoms with Crippen LogP contribution in [0.25, 0.3) is 11.3 Å². The van der Waals surface area contributed by atoms with E-state index in [9.17, 15) is 36.6 Å². The summed E-state index contributed by atoms with van der Waals surface area (Å²) in [5.74, 6) is -4.76. The van der Waals surface area contributed by atoms with Crippen LogP contribution < -0.4 is 5.32 Å². The van der Waals surface area contributed by atoms with Crippen molar-refractivity contribution in [1.29, 1.82) is 0 Å². The van der Waals surface area contributed by atoms with Gasteiger partial charge in [0, 0.05) is 30.1 Å². The van der Waals surface area contributed by atoms with E-state index in [0.29, 0.717) is 12.8 Å². The van der Waals surface area contributed by atoms with E-state index in [1.165, 1.54) is 28.9 Å². The van der Waals surface area contributed by atoms with Crippen molar-refractivity contribution in [3.05, 3.63) is 41.6 Å². The average Bonchev–Trinajstić information content (AvgIpc) is 3.53. The van der Waals surface area contributed by atoms with E-state index in [1.807, 2.05) is 0 Å². The second kappa shape index (κ2) is 12.0. The fourth-order valence-corrected chi connectivity index (χ4v) is 5.77. The predicted octanol–water partition coefficient (Wildman–Crippen LogP) is 6.19. The molecule has 0 unspecified atom stereocenters. The molecule has 7 nitrogen and oxygen atoms in total. The van der Waals surface area contributed by atoms with Gasteiger partial charge in [0.2, 0.25) is 0 Å². The molecule has 13 heteroatoms. The van der Waals surface area contributed by atoms with Crippen LogP contribution in [-0.4, -0.2) is 62.3 Å². The van der Waals surface area contributed by atoms with Crippen molar-refractivity contribution in [3.63, 3.8) is 0 Å². The Morgan fingerprint density at radius 2 is 1.82 bits per heavy atom. The van der Waals surface area contributed by atoms with Crippen molar-refractivity contribution in [1.82, 2.24) is 20.0 Å². The van der Waals surface area contributed by atoms with Gasteiger partial charge in [-0.15, -0.1) is 12.4 Å². The van der Waals surface area contributed by atoms with Gasteiger partial charge in [0.25, 0.3) is 11.8 Å². The van der Waals surface area contributed by atoms with Crippen LogP contribution in [0, 0.1) is 0 Å². The van der Waals surface area contributed by atoms with Gasteiger partial charge < -0.3 is 10.4 Å². The summed E-state index contributed by atoms with van der Waals surface area (Å²) in [6.45, 7) is 3.06. The molecule has 2 aromatic rings. The number of aromatic nitrogens is 2. The van der Waals surface area contributed by atoms with Gasteiger partial charge >= 0.3 is 12.1 Å². The summed E-state index contributed by atoms with van der Waals surface area (Å²) in [7, 11) is 0. The van der Waals surface area contributed by atoms with Crippen molar-refractivity contribution >= 4 is 24.3 Å². The summed E-state index contributed by atoms with van der Waals surface area (Å²) < 4.78 is 70.8. The molecule has 1 saturated carbocycles. The third kappa shape index (κ3) is 7.31. The highest BCUT2D eigenvalue weighted by molar-refractivity contribution is 5.94. The van der Waals surface area contributed by atoms with Gasteiger partial charge in [0.1, 0.15) is 0 Å². The Morgan fingerprint density at radius 1 is 1.18 bits per heavy atom. The summed E-state index contributed by atoms with van der Waals surface area (Å²) in [4.78, 5) is 26.3. The number of halogens is 6. The Morgan fingerprint density at radius 3 is 2.40 bits per heavy atom. The maximum atomic E-state index is 14.0. The fraction of sp³-hybridized carbons (Fsp3) is 0.593. The number of nitrogens with zero attached hydrogens (tertiary/aromatic N) is 3. The van der Waals surface area contributed by atoms with E-state index >= 15 is 0 Å². The molecule has 1 atom stereocenters. The van der Waals surface area contributed by atoms with Crippen LogP contribution in [-0.2, 0) is 11.0 Å². The molecule has 2 N–H and O–H groups in total. The highest BCUT2D eigenvalue weighted by atomic mass is 35.5. The number of carboxylic acid groups (broad SMARTS) is 1. The number of hydrogen-bond acceptors (Lipinski definition) is 4. The molecule has 2 fully saturated rings. The van der Waals surface area contributed by atoms with Gasteiger partial charge in [-0.2, -0.15) is 18.3 Å². The molecule has 2 aliphatic rings. The SMILES string of the molecule is CC1(C)CC(F)(F)CN1CC[C@@H](CC(=O)O)NC(=O)c1cc(-c2ccccc2C(F)(F)F)n(C2CCCC2)n1.Cl. The fourth-order valence-electron chi connectivity index (χ4n) is 5.77. The summed E-state index contributed by atoms with van der Waals surface area (Å²) in [6, 6.07) is 5.35. The number of carboxylic acids is 1. The number of aliphatic carboxylic acids is 1. The topological polar surface area (TPSA) is 87.5 Å². The maximum absolute atomic E-state index is 14.0. The zero-order valence-electron chi connectivity index (χ0n) is 22.3. The van der Waals surface area contributed by atoms with E-state index in [0.717, 1.165) is 18.9 Å². The molecule has 1 aliphatic carbocycles. The van der Waals surface area contributed by atoms with E-state index in [-0.39, 0.29) is 54.8 Å². The number of carbonyl (C=O) groups is 2. The van der Waals surface area contributed by atoms with Crippen molar-refractivity contribution < 1.29 is 36.6 Å². The predicted molar refractivity (Wildman–Crippen MR) is 141 cm³/mol. The Labute approximate surface area is 235 Å². The molecule has 0 spiro atoms. The second-order valence-corrected chi connectivity index (χ2v) is 11.2. The smallest absolute Gasteiger partial charge is 0.417 e. The van der Waals surface area contributed by atoms with Crippen LogP contribution in [0.2, 0.25) is 0 Å². The van der Waals surface area contributed by atoms with Crippen LogP contribution in [0.1, 0.15) is 80.9 Å². The molecule has 1 aromatic carbocycles. The first-order valence-electron chi connectivity index (χ1n) is 13.1. The third-order valence-corrected chi connectivity index (χ3v) is 7.62. The molecule has 222 valence electrons. The molecular formula is C27H34ClF5N4O3. The van der Waals surface area contributed by atoms with Gasteiger partial charge in [-0.05, 0) is 45.2 Å². The molecular weight excluding hydrogens is 559 g/mol. The second-order valence-electron chi connectivity index (χ2n) is 11.2. The molecule has 1 saturated heterocycles. The first-order valence-corrected chi connectivity index (χ1v) is 13.1. The minimum atomic E-state index is -4.61. The van der Waals surface area contributed by atoms with Crippen LogP contribution in [0.5, 0.6) is 0 Å². The highest BCUT2D eigenvalue weighted by Crippen LogP contribution is 2.41. The molecule has 0 radical (unpaired) electrons. The molecule has 0 bridgehead atoms. The van der Waals surface area contributed by atoms with E-state index in [2.05, 4.69) is 10.4 Å². The lowest BCUT2D eigenvalue weighted by Gasteiger charge is -2.31. The molecule has 4 rings (SSSR count). The van der Waals surface area contributed by atoms with Crippen LogP contribution in [0.15, 0.2) is 30.3 Å². The monoisotopic (exact) mass is 592 g/mol. The minimum absolute atomic E-state index is 0. The number of hydrogen-bond donors (Lipinski definition) is 2. The van der Waals surface area contributed by atoms with Gasteiger partial charge in [0.15, 0.2) is 5.69 Å². The van der Waals surface area contributed by atoms with E-state index in [4.69, 9.17) is 0 Å². The zero-order chi connectivity index (χ0) is 28.6. The zero-order valence-corrected chi connectivity index (χ0v) is 23.1. The molecule has 40 heavy (non-hydrogen) atoms. The van der Waals surface area contributed by atoms with E-state index in [1.54, 1.807) is 18.7 Å². The van der Waals surface area contributed by atoms with Crippen molar-refractivity contribution in [2.45, 2.75) is 88.5 Å². The highest BCUT2D eigenvalue weighted by Gasteiger charge is 2.49. The molecule has 2 heterocycles. The lowest BCUT2D eigenvalue weighted by atomic mass is 10.00. The quantitative estimate of drug-likeness (QED) is 0.339. The van der Waals surface area contributed by atoms with Crippen molar-refractivity contribution in [2.75, 3.05) is 13.1 Å².